The molecule has 3 aliphatic rings. The summed E-state index contributed by atoms with van der Waals surface area (Å²) < 4.78 is 0.738. The molecule has 4 rings (SSSR count). The Labute approximate surface area is 186 Å². The van der Waals surface area contributed by atoms with E-state index in [0.29, 0.717) is 10.7 Å². The Balaban J connectivity index is 1.49. The average molecular weight is 584 g/mol. The van der Waals surface area contributed by atoms with Crippen LogP contribution in [0.3, 0.4) is 0 Å². The summed E-state index contributed by atoms with van der Waals surface area (Å²) in [7, 11) is 0. The number of nitrogens with zero attached hydrogens (tertiary/aromatic N) is 1. The monoisotopic (exact) mass is 580 g/mol. The first kappa shape index (κ1) is 19.9. The summed E-state index contributed by atoms with van der Waals surface area (Å²) in [6, 6.07) is 3.47. The predicted molar refractivity (Wildman–Crippen MR) is 113 cm³/mol. The number of hydrogen-bond donors (Lipinski definition) is 1. The van der Waals surface area contributed by atoms with E-state index in [4.69, 9.17) is 11.6 Å². The Hall–Kier alpha value is -0.440. The fourth-order valence-electron chi connectivity index (χ4n) is 4.69. The van der Waals surface area contributed by atoms with E-state index < -0.39 is 5.91 Å². The standard InChI is InChI=1S/C18H16Br3ClN2O3/c1-6-10(3-2-9(19)16(6)22)23-11(25)5-24-17(26)12-7-4-8(13(12)18(24)27)15(21)14(7)20/h2-3,7-8,12-15H,4-5H2,1H3,(H,23,25)/t7-,8-,12-,13+,14+,15+/m1/s1. The molecule has 1 heterocycles. The lowest BCUT2D eigenvalue weighted by molar-refractivity contribution is -0.143. The number of halogens is 4. The van der Waals surface area contributed by atoms with Gasteiger partial charge in [-0.3, -0.25) is 19.3 Å². The number of benzene rings is 1. The molecule has 2 bridgehead atoms. The SMILES string of the molecule is Cc1c(NC(=O)CN2C(=O)[C@@H]3[C@H]4C[C@@H]([C@H](Br)[C@H]4Br)[C@@H]3C2=O)ccc(Br)c1Cl. The van der Waals surface area contributed by atoms with Gasteiger partial charge in [-0.25, -0.2) is 0 Å². The summed E-state index contributed by atoms with van der Waals surface area (Å²) in [5.41, 5.74) is 1.28. The Kier molecular flexibility index (Phi) is 5.23. The summed E-state index contributed by atoms with van der Waals surface area (Å²) in [5, 5.41) is 3.27. The van der Waals surface area contributed by atoms with Crippen LogP contribution in [0.2, 0.25) is 5.02 Å². The molecule has 2 saturated carbocycles. The summed E-state index contributed by atoms with van der Waals surface area (Å²) >= 11 is 16.8. The van der Waals surface area contributed by atoms with Gasteiger partial charge in [0.1, 0.15) is 6.54 Å². The highest BCUT2D eigenvalue weighted by Crippen LogP contribution is 2.60. The van der Waals surface area contributed by atoms with Crippen LogP contribution in [0, 0.1) is 30.6 Å². The van der Waals surface area contributed by atoms with E-state index >= 15 is 0 Å². The molecule has 5 nitrogen and oxygen atoms in total. The number of carbonyl (C=O) groups excluding carboxylic acids is 3. The van der Waals surface area contributed by atoms with Crippen molar-refractivity contribution in [2.24, 2.45) is 23.7 Å². The van der Waals surface area contributed by atoms with Crippen molar-refractivity contribution in [1.29, 1.82) is 0 Å². The zero-order chi connectivity index (χ0) is 19.6. The van der Waals surface area contributed by atoms with Crippen molar-refractivity contribution in [2.45, 2.75) is 23.0 Å². The molecule has 0 aromatic heterocycles. The average Bonchev–Trinajstić information content (AvgIpc) is 3.23. The van der Waals surface area contributed by atoms with Crippen molar-refractivity contribution in [1.82, 2.24) is 4.90 Å². The summed E-state index contributed by atoms with van der Waals surface area (Å²) in [6.45, 7) is 1.53. The molecule has 0 spiro atoms. The van der Waals surface area contributed by atoms with Crippen LogP contribution in [0.4, 0.5) is 5.69 Å². The molecule has 0 radical (unpaired) electrons. The van der Waals surface area contributed by atoms with Crippen LogP contribution in [0.15, 0.2) is 16.6 Å². The third-order valence-corrected chi connectivity index (χ3v) is 10.6. The maximum atomic E-state index is 12.9. The molecule has 1 N–H and O–H groups in total. The molecule has 1 saturated heterocycles. The fourth-order valence-corrected chi connectivity index (χ4v) is 7.15. The van der Waals surface area contributed by atoms with E-state index in [1.165, 1.54) is 0 Å². The first-order valence-electron chi connectivity index (χ1n) is 8.60. The van der Waals surface area contributed by atoms with E-state index in [0.717, 1.165) is 21.4 Å². The molecular formula is C18H16Br3ClN2O3. The maximum absolute atomic E-state index is 12.9. The molecule has 27 heavy (non-hydrogen) atoms. The number of fused-ring (bicyclic) bond motifs is 5. The lowest BCUT2D eigenvalue weighted by atomic mass is 9.81. The largest absolute Gasteiger partial charge is 0.324 e. The van der Waals surface area contributed by atoms with E-state index in [-0.39, 0.29) is 51.7 Å². The van der Waals surface area contributed by atoms with Crippen LogP contribution >= 0.6 is 59.4 Å². The molecule has 2 aliphatic carbocycles. The van der Waals surface area contributed by atoms with E-state index in [1.807, 2.05) is 0 Å². The van der Waals surface area contributed by atoms with Crippen LogP contribution in [-0.2, 0) is 14.4 Å². The molecule has 9 heteroatoms. The normalized spacial score (nSPS) is 34.3. The molecule has 1 aromatic carbocycles. The lowest BCUT2D eigenvalue weighted by Crippen LogP contribution is -2.39. The molecule has 0 unspecified atom stereocenters. The second kappa shape index (κ2) is 7.11. The first-order chi connectivity index (χ1) is 12.7. The first-order valence-corrected chi connectivity index (χ1v) is 11.6. The Bertz CT molecular complexity index is 832. The molecule has 144 valence electrons. The molecular weight excluding hydrogens is 567 g/mol. The van der Waals surface area contributed by atoms with Crippen molar-refractivity contribution >= 4 is 82.8 Å². The van der Waals surface area contributed by atoms with Crippen LogP contribution < -0.4 is 5.32 Å². The number of carbonyl (C=O) groups is 3. The number of rotatable bonds is 3. The molecule has 3 amide bonds. The van der Waals surface area contributed by atoms with Gasteiger partial charge < -0.3 is 5.32 Å². The van der Waals surface area contributed by atoms with Crippen molar-refractivity contribution in [3.63, 3.8) is 0 Å². The summed E-state index contributed by atoms with van der Waals surface area (Å²) in [4.78, 5) is 39.7. The molecule has 1 aromatic rings. The quantitative estimate of drug-likeness (QED) is 0.430. The van der Waals surface area contributed by atoms with E-state index in [1.54, 1.807) is 19.1 Å². The zero-order valence-corrected chi connectivity index (χ0v) is 19.7. The summed E-state index contributed by atoms with van der Waals surface area (Å²) in [6.07, 6.45) is 0.870. The van der Waals surface area contributed by atoms with E-state index in [9.17, 15) is 14.4 Å². The van der Waals surface area contributed by atoms with Gasteiger partial charge in [0.2, 0.25) is 17.7 Å². The van der Waals surface area contributed by atoms with Gasteiger partial charge in [0.15, 0.2) is 0 Å². The van der Waals surface area contributed by atoms with Crippen LogP contribution in [0.25, 0.3) is 0 Å². The number of imide groups is 1. The van der Waals surface area contributed by atoms with Gasteiger partial charge >= 0.3 is 0 Å². The minimum Gasteiger partial charge on any atom is -0.324 e. The van der Waals surface area contributed by atoms with Crippen LogP contribution in [0.1, 0.15) is 12.0 Å². The summed E-state index contributed by atoms with van der Waals surface area (Å²) in [5.74, 6) is -1.18. The molecule has 1 aliphatic heterocycles. The minimum atomic E-state index is -0.406. The molecule has 6 atom stereocenters. The van der Waals surface area contributed by atoms with Gasteiger partial charge in [-0.2, -0.15) is 0 Å². The Morgan fingerprint density at radius 3 is 2.30 bits per heavy atom. The highest BCUT2D eigenvalue weighted by atomic mass is 79.9. The zero-order valence-electron chi connectivity index (χ0n) is 14.2. The second-order valence-electron chi connectivity index (χ2n) is 7.35. The van der Waals surface area contributed by atoms with Crippen LogP contribution in [0.5, 0.6) is 0 Å². The third-order valence-electron chi connectivity index (χ3n) is 5.99. The number of anilines is 1. The van der Waals surface area contributed by atoms with Crippen molar-refractivity contribution < 1.29 is 14.4 Å². The van der Waals surface area contributed by atoms with Gasteiger partial charge in [-0.15, -0.1) is 0 Å². The number of likely N-dealkylation sites (tertiary alicyclic amines) is 1. The Morgan fingerprint density at radius 1 is 1.19 bits per heavy atom. The lowest BCUT2D eigenvalue weighted by Gasteiger charge is -2.28. The topological polar surface area (TPSA) is 66.5 Å². The number of nitrogens with one attached hydrogen (secondary N) is 1. The highest BCUT2D eigenvalue weighted by molar-refractivity contribution is 9.12. The van der Waals surface area contributed by atoms with Gasteiger partial charge in [0.25, 0.3) is 0 Å². The van der Waals surface area contributed by atoms with Crippen molar-refractivity contribution in [2.75, 3.05) is 11.9 Å². The van der Waals surface area contributed by atoms with Gasteiger partial charge in [0, 0.05) is 19.8 Å². The second-order valence-corrected chi connectivity index (χ2v) is 10.7. The van der Waals surface area contributed by atoms with Gasteiger partial charge in [-0.1, -0.05) is 43.5 Å². The van der Waals surface area contributed by atoms with Crippen molar-refractivity contribution in [3.8, 4) is 0 Å². The fraction of sp³-hybridized carbons (Fsp3) is 0.500. The number of hydrogen-bond acceptors (Lipinski definition) is 3. The van der Waals surface area contributed by atoms with E-state index in [2.05, 4.69) is 53.1 Å². The van der Waals surface area contributed by atoms with Gasteiger partial charge in [0.05, 0.1) is 16.9 Å². The van der Waals surface area contributed by atoms with Crippen molar-refractivity contribution in [3.05, 3.63) is 27.2 Å². The van der Waals surface area contributed by atoms with Gasteiger partial charge in [-0.05, 0) is 58.8 Å². The maximum Gasteiger partial charge on any atom is 0.244 e. The van der Waals surface area contributed by atoms with Crippen LogP contribution in [-0.4, -0.2) is 38.8 Å². The smallest absolute Gasteiger partial charge is 0.244 e. The Morgan fingerprint density at radius 2 is 1.74 bits per heavy atom. The molecule has 3 fully saturated rings. The number of alkyl halides is 2. The minimum absolute atomic E-state index is 0.140. The predicted octanol–water partition coefficient (Wildman–Crippen LogP) is 4.13. The third kappa shape index (κ3) is 3.02. The highest BCUT2D eigenvalue weighted by Gasteiger charge is 2.66. The number of amides is 3.